The first-order valence-corrected chi connectivity index (χ1v) is 5.12. The lowest BCUT2D eigenvalue weighted by Crippen LogP contribution is -2.39. The Hall–Kier alpha value is -0.0400. The Morgan fingerprint density at radius 2 is 1.58 bits per heavy atom. The van der Waals surface area contributed by atoms with E-state index in [9.17, 15) is 0 Å². The predicted molar refractivity (Wildman–Crippen MR) is 56.4 cm³/mol. The maximum Gasteiger partial charge on any atom is 0.00966 e. The molecule has 0 amide bonds. The van der Waals surface area contributed by atoms with Crippen LogP contribution < -0.4 is 5.32 Å². The molecule has 0 fully saturated rings. The van der Waals surface area contributed by atoms with E-state index in [1.807, 2.05) is 0 Å². The molecule has 1 N–H and O–H groups in total. The van der Waals surface area contributed by atoms with E-state index in [2.05, 4.69) is 46.9 Å². The molecule has 2 unspecified atom stereocenters. The van der Waals surface area contributed by atoms with Crippen molar-refractivity contribution < 1.29 is 0 Å². The van der Waals surface area contributed by atoms with Gasteiger partial charge < -0.3 is 5.32 Å². The van der Waals surface area contributed by atoms with E-state index in [0.717, 1.165) is 18.4 Å². The highest BCUT2D eigenvalue weighted by molar-refractivity contribution is 4.73. The number of nitrogens with one attached hydrogen (secondary N) is 1. The summed E-state index contributed by atoms with van der Waals surface area (Å²) in [6.07, 6.45) is 1.28. The van der Waals surface area contributed by atoms with Crippen LogP contribution in [0.15, 0.2) is 0 Å². The first-order chi connectivity index (χ1) is 5.37. The molecule has 0 aliphatic rings. The van der Waals surface area contributed by atoms with Crippen LogP contribution in [-0.4, -0.2) is 12.1 Å². The number of hydrogen-bond acceptors (Lipinski definition) is 1. The molecule has 0 heterocycles. The van der Waals surface area contributed by atoms with Crippen LogP contribution in [0.2, 0.25) is 0 Å². The minimum absolute atomic E-state index is 0.266. The van der Waals surface area contributed by atoms with Crippen molar-refractivity contribution in [2.75, 3.05) is 6.54 Å². The quantitative estimate of drug-likeness (QED) is 0.685. The molecule has 0 radical (unpaired) electrons. The van der Waals surface area contributed by atoms with Gasteiger partial charge in [-0.05, 0) is 39.2 Å². The molecule has 0 aromatic rings. The maximum absolute atomic E-state index is 3.54. The molecule has 0 aromatic carbocycles. The summed E-state index contributed by atoms with van der Waals surface area (Å²) >= 11 is 0. The zero-order valence-electron chi connectivity index (χ0n) is 9.57. The van der Waals surface area contributed by atoms with Crippen molar-refractivity contribution in [2.24, 2.45) is 11.8 Å². The molecule has 74 valence electrons. The van der Waals surface area contributed by atoms with Gasteiger partial charge in [0.2, 0.25) is 0 Å². The Morgan fingerprint density at radius 3 is 1.92 bits per heavy atom. The normalized spacial score (nSPS) is 17.5. The average Bonchev–Trinajstić information content (AvgIpc) is 1.97. The monoisotopic (exact) mass is 171 g/mol. The Kier molecular flexibility index (Phi) is 4.84. The molecule has 0 saturated carbocycles. The molecular formula is C11H25N. The van der Waals surface area contributed by atoms with E-state index in [1.54, 1.807) is 0 Å². The van der Waals surface area contributed by atoms with Gasteiger partial charge >= 0.3 is 0 Å². The third-order valence-electron chi connectivity index (χ3n) is 2.57. The third kappa shape index (κ3) is 5.59. The van der Waals surface area contributed by atoms with E-state index in [1.165, 1.54) is 6.42 Å². The summed E-state index contributed by atoms with van der Waals surface area (Å²) in [5.41, 5.74) is 0.266. The molecule has 0 aliphatic heterocycles. The minimum Gasteiger partial charge on any atom is -0.312 e. The lowest BCUT2D eigenvalue weighted by atomic mass is 9.93. The largest absolute Gasteiger partial charge is 0.312 e. The van der Waals surface area contributed by atoms with Crippen LogP contribution in [0.1, 0.15) is 48.0 Å². The van der Waals surface area contributed by atoms with E-state index in [0.29, 0.717) is 0 Å². The van der Waals surface area contributed by atoms with Gasteiger partial charge in [-0.15, -0.1) is 0 Å². The van der Waals surface area contributed by atoms with Crippen molar-refractivity contribution in [3.8, 4) is 0 Å². The number of hydrogen-bond donors (Lipinski definition) is 1. The third-order valence-corrected chi connectivity index (χ3v) is 2.57. The standard InChI is InChI=1S/C11H25N/c1-7-9(2)10(3)8-12-11(4,5)6/h9-10,12H,7-8H2,1-6H3. The van der Waals surface area contributed by atoms with Crippen LogP contribution in [0.5, 0.6) is 0 Å². The summed E-state index contributed by atoms with van der Waals surface area (Å²) in [7, 11) is 0. The lowest BCUT2D eigenvalue weighted by molar-refractivity contribution is 0.313. The fraction of sp³-hybridized carbons (Fsp3) is 1.00. The fourth-order valence-electron chi connectivity index (χ4n) is 1.07. The summed E-state index contributed by atoms with van der Waals surface area (Å²) < 4.78 is 0. The fourth-order valence-corrected chi connectivity index (χ4v) is 1.07. The molecule has 2 atom stereocenters. The second-order valence-corrected chi connectivity index (χ2v) is 4.99. The van der Waals surface area contributed by atoms with Gasteiger partial charge in [-0.2, -0.15) is 0 Å². The van der Waals surface area contributed by atoms with Crippen LogP contribution in [0.4, 0.5) is 0 Å². The van der Waals surface area contributed by atoms with Crippen LogP contribution >= 0.6 is 0 Å². The summed E-state index contributed by atoms with van der Waals surface area (Å²) in [5, 5.41) is 3.54. The lowest BCUT2D eigenvalue weighted by Gasteiger charge is -2.26. The molecular weight excluding hydrogens is 146 g/mol. The van der Waals surface area contributed by atoms with Crippen molar-refractivity contribution in [1.82, 2.24) is 5.32 Å². The molecule has 0 aliphatic carbocycles. The Balaban J connectivity index is 3.64. The van der Waals surface area contributed by atoms with Crippen molar-refractivity contribution in [2.45, 2.75) is 53.5 Å². The Bertz CT molecular complexity index is 113. The summed E-state index contributed by atoms with van der Waals surface area (Å²) in [6.45, 7) is 14.7. The first-order valence-electron chi connectivity index (χ1n) is 5.12. The van der Waals surface area contributed by atoms with Crippen LogP contribution in [0, 0.1) is 11.8 Å². The van der Waals surface area contributed by atoms with Crippen molar-refractivity contribution in [3.05, 3.63) is 0 Å². The number of rotatable bonds is 4. The van der Waals surface area contributed by atoms with E-state index < -0.39 is 0 Å². The Labute approximate surface area is 77.9 Å². The van der Waals surface area contributed by atoms with Gasteiger partial charge in [0.05, 0.1) is 0 Å². The molecule has 0 aromatic heterocycles. The topological polar surface area (TPSA) is 12.0 Å². The molecule has 0 spiro atoms. The SMILES string of the molecule is CCC(C)C(C)CNC(C)(C)C. The van der Waals surface area contributed by atoms with Gasteiger partial charge in [0, 0.05) is 5.54 Å². The predicted octanol–water partition coefficient (Wildman–Crippen LogP) is 3.06. The van der Waals surface area contributed by atoms with Gasteiger partial charge in [-0.25, -0.2) is 0 Å². The smallest absolute Gasteiger partial charge is 0.00966 e. The second-order valence-electron chi connectivity index (χ2n) is 4.99. The van der Waals surface area contributed by atoms with Gasteiger partial charge in [0.15, 0.2) is 0 Å². The molecule has 0 bridgehead atoms. The van der Waals surface area contributed by atoms with Crippen molar-refractivity contribution in [3.63, 3.8) is 0 Å². The average molecular weight is 171 g/mol. The van der Waals surface area contributed by atoms with Crippen LogP contribution in [-0.2, 0) is 0 Å². The molecule has 0 saturated heterocycles. The summed E-state index contributed by atoms with van der Waals surface area (Å²) in [6, 6.07) is 0. The van der Waals surface area contributed by atoms with Crippen LogP contribution in [0.25, 0.3) is 0 Å². The van der Waals surface area contributed by atoms with E-state index in [4.69, 9.17) is 0 Å². The highest BCUT2D eigenvalue weighted by atomic mass is 14.9. The minimum atomic E-state index is 0.266. The molecule has 12 heavy (non-hydrogen) atoms. The van der Waals surface area contributed by atoms with E-state index in [-0.39, 0.29) is 5.54 Å². The zero-order chi connectivity index (χ0) is 9.78. The Morgan fingerprint density at radius 1 is 1.08 bits per heavy atom. The van der Waals surface area contributed by atoms with E-state index >= 15 is 0 Å². The van der Waals surface area contributed by atoms with Gasteiger partial charge in [-0.3, -0.25) is 0 Å². The second kappa shape index (κ2) is 4.86. The maximum atomic E-state index is 3.54. The van der Waals surface area contributed by atoms with Crippen LogP contribution in [0.3, 0.4) is 0 Å². The highest BCUT2D eigenvalue weighted by Crippen LogP contribution is 2.14. The van der Waals surface area contributed by atoms with Gasteiger partial charge in [0.25, 0.3) is 0 Å². The van der Waals surface area contributed by atoms with Crippen molar-refractivity contribution >= 4 is 0 Å². The zero-order valence-corrected chi connectivity index (χ0v) is 9.57. The summed E-state index contributed by atoms with van der Waals surface area (Å²) in [4.78, 5) is 0. The van der Waals surface area contributed by atoms with Gasteiger partial charge in [0.1, 0.15) is 0 Å². The molecule has 0 rings (SSSR count). The molecule has 1 heteroatoms. The highest BCUT2D eigenvalue weighted by Gasteiger charge is 2.14. The molecule has 1 nitrogen and oxygen atoms in total. The summed E-state index contributed by atoms with van der Waals surface area (Å²) in [5.74, 6) is 1.62. The van der Waals surface area contributed by atoms with Gasteiger partial charge in [-0.1, -0.05) is 27.2 Å². The first kappa shape index (κ1) is 12.0. The van der Waals surface area contributed by atoms with Crippen molar-refractivity contribution in [1.29, 1.82) is 0 Å².